The number of likely N-dealkylation sites (N-methyl/N-ethyl adjacent to an activating group) is 1. The molecule has 2 heterocycles. The fourth-order valence-electron chi connectivity index (χ4n) is 2.81. The van der Waals surface area contributed by atoms with Gasteiger partial charge in [-0.25, -0.2) is 0 Å². The molecule has 2 aliphatic heterocycles. The molecule has 0 saturated carbocycles. The molecule has 1 N–H and O–H groups in total. The summed E-state index contributed by atoms with van der Waals surface area (Å²) in [5.41, 5.74) is 1.25. The summed E-state index contributed by atoms with van der Waals surface area (Å²) in [6, 6.07) is 6.51. The standard InChI is InChI=1S/C16H25N3O2/c1-13(14-3-4-15-16(11-14)21-12-20-15)17-5-6-19-9-7-18(2)8-10-19/h3-4,11,13,17H,5-10,12H2,1-2H3. The van der Waals surface area contributed by atoms with Gasteiger partial charge in [-0.05, 0) is 31.7 Å². The molecule has 1 aromatic carbocycles. The van der Waals surface area contributed by atoms with Gasteiger partial charge in [0.2, 0.25) is 6.79 Å². The van der Waals surface area contributed by atoms with Crippen LogP contribution in [0.5, 0.6) is 11.5 Å². The van der Waals surface area contributed by atoms with E-state index in [-0.39, 0.29) is 0 Å². The molecular formula is C16H25N3O2. The van der Waals surface area contributed by atoms with Crippen molar-refractivity contribution in [1.82, 2.24) is 15.1 Å². The van der Waals surface area contributed by atoms with Gasteiger partial charge < -0.3 is 19.7 Å². The first kappa shape index (κ1) is 14.6. The minimum Gasteiger partial charge on any atom is -0.454 e. The van der Waals surface area contributed by atoms with Crippen LogP contribution < -0.4 is 14.8 Å². The second kappa shape index (κ2) is 6.64. The zero-order valence-corrected chi connectivity index (χ0v) is 13.0. The quantitative estimate of drug-likeness (QED) is 0.885. The highest BCUT2D eigenvalue weighted by Crippen LogP contribution is 2.34. The van der Waals surface area contributed by atoms with E-state index in [2.05, 4.69) is 41.2 Å². The molecule has 0 aliphatic carbocycles. The Kier molecular flexibility index (Phi) is 4.63. The average Bonchev–Trinajstić information content (AvgIpc) is 2.96. The first-order chi connectivity index (χ1) is 10.2. The number of rotatable bonds is 5. The smallest absolute Gasteiger partial charge is 0.231 e. The SMILES string of the molecule is CC(NCCN1CCN(C)CC1)c1ccc2c(c1)OCO2. The van der Waals surface area contributed by atoms with Gasteiger partial charge in [-0.1, -0.05) is 6.07 Å². The highest BCUT2D eigenvalue weighted by atomic mass is 16.7. The summed E-state index contributed by atoms with van der Waals surface area (Å²) < 4.78 is 10.8. The third kappa shape index (κ3) is 3.67. The second-order valence-corrected chi connectivity index (χ2v) is 5.93. The summed E-state index contributed by atoms with van der Waals surface area (Å²) in [6.45, 7) is 9.37. The van der Waals surface area contributed by atoms with E-state index in [4.69, 9.17) is 9.47 Å². The topological polar surface area (TPSA) is 37.0 Å². The van der Waals surface area contributed by atoms with Crippen LogP contribution in [-0.4, -0.2) is 62.9 Å². The maximum atomic E-state index is 5.44. The molecule has 0 radical (unpaired) electrons. The molecule has 21 heavy (non-hydrogen) atoms. The fraction of sp³-hybridized carbons (Fsp3) is 0.625. The van der Waals surface area contributed by atoms with E-state index < -0.39 is 0 Å². The zero-order chi connectivity index (χ0) is 14.7. The number of fused-ring (bicyclic) bond motifs is 1. The van der Waals surface area contributed by atoms with E-state index >= 15 is 0 Å². The molecule has 0 spiro atoms. The van der Waals surface area contributed by atoms with E-state index in [0.717, 1.165) is 24.6 Å². The van der Waals surface area contributed by atoms with E-state index in [9.17, 15) is 0 Å². The lowest BCUT2D eigenvalue weighted by atomic mass is 10.1. The number of nitrogens with one attached hydrogen (secondary N) is 1. The fourth-order valence-corrected chi connectivity index (χ4v) is 2.81. The lowest BCUT2D eigenvalue weighted by Gasteiger charge is -2.32. The third-order valence-corrected chi connectivity index (χ3v) is 4.37. The molecule has 1 aromatic rings. The molecule has 0 bridgehead atoms. The van der Waals surface area contributed by atoms with Crippen molar-refractivity contribution in [3.63, 3.8) is 0 Å². The van der Waals surface area contributed by atoms with E-state index in [0.29, 0.717) is 12.8 Å². The van der Waals surface area contributed by atoms with Crippen molar-refractivity contribution in [2.24, 2.45) is 0 Å². The van der Waals surface area contributed by atoms with Crippen molar-refractivity contribution < 1.29 is 9.47 Å². The molecule has 1 saturated heterocycles. The summed E-state index contributed by atoms with van der Waals surface area (Å²) in [4.78, 5) is 4.92. The largest absolute Gasteiger partial charge is 0.454 e. The van der Waals surface area contributed by atoms with Crippen LogP contribution in [0.25, 0.3) is 0 Å². The summed E-state index contributed by atoms with van der Waals surface area (Å²) in [6.07, 6.45) is 0. The molecule has 0 amide bonds. The average molecular weight is 291 g/mol. The molecule has 5 heteroatoms. The van der Waals surface area contributed by atoms with Gasteiger partial charge in [0.25, 0.3) is 0 Å². The highest BCUT2D eigenvalue weighted by molar-refractivity contribution is 5.45. The van der Waals surface area contributed by atoms with Gasteiger partial charge in [-0.2, -0.15) is 0 Å². The Hall–Kier alpha value is -1.30. The minimum absolute atomic E-state index is 0.326. The van der Waals surface area contributed by atoms with Crippen LogP contribution in [0, 0.1) is 0 Å². The molecule has 1 fully saturated rings. The first-order valence-corrected chi connectivity index (χ1v) is 7.76. The Bertz CT molecular complexity index is 473. The van der Waals surface area contributed by atoms with Crippen molar-refractivity contribution in [2.75, 3.05) is 53.1 Å². The summed E-state index contributed by atoms with van der Waals surface area (Å²) >= 11 is 0. The molecule has 1 unspecified atom stereocenters. The molecule has 1 atom stereocenters. The van der Waals surface area contributed by atoms with E-state index in [1.165, 1.54) is 31.7 Å². The van der Waals surface area contributed by atoms with Crippen LogP contribution in [-0.2, 0) is 0 Å². The number of hydrogen-bond acceptors (Lipinski definition) is 5. The van der Waals surface area contributed by atoms with Gasteiger partial charge in [0.05, 0.1) is 0 Å². The predicted octanol–water partition coefficient (Wildman–Crippen LogP) is 1.31. The Morgan fingerprint density at radius 3 is 2.71 bits per heavy atom. The normalized spacial score (nSPS) is 20.7. The summed E-state index contributed by atoms with van der Waals surface area (Å²) in [5.74, 6) is 1.71. The van der Waals surface area contributed by atoms with Gasteiger partial charge in [-0.3, -0.25) is 4.90 Å². The van der Waals surface area contributed by atoms with Gasteiger partial charge in [0.15, 0.2) is 11.5 Å². The van der Waals surface area contributed by atoms with Gasteiger partial charge >= 0.3 is 0 Å². The molecule has 3 rings (SSSR count). The maximum absolute atomic E-state index is 5.44. The number of piperazine rings is 1. The number of ether oxygens (including phenoxy) is 2. The number of benzene rings is 1. The molecule has 5 nitrogen and oxygen atoms in total. The van der Waals surface area contributed by atoms with Gasteiger partial charge in [0, 0.05) is 45.3 Å². The second-order valence-electron chi connectivity index (χ2n) is 5.93. The monoisotopic (exact) mass is 291 g/mol. The van der Waals surface area contributed by atoms with Crippen molar-refractivity contribution in [3.8, 4) is 11.5 Å². The highest BCUT2D eigenvalue weighted by Gasteiger charge is 2.16. The van der Waals surface area contributed by atoms with Crippen molar-refractivity contribution >= 4 is 0 Å². The lowest BCUT2D eigenvalue weighted by Crippen LogP contribution is -2.46. The minimum atomic E-state index is 0.326. The Balaban J connectivity index is 1.45. The van der Waals surface area contributed by atoms with Crippen LogP contribution in [0.1, 0.15) is 18.5 Å². The van der Waals surface area contributed by atoms with Crippen LogP contribution in [0.2, 0.25) is 0 Å². The molecule has 2 aliphatic rings. The Labute approximate surface area is 126 Å². The molecule has 116 valence electrons. The van der Waals surface area contributed by atoms with E-state index in [1.54, 1.807) is 0 Å². The predicted molar refractivity (Wildman–Crippen MR) is 82.9 cm³/mol. The van der Waals surface area contributed by atoms with Crippen LogP contribution in [0.4, 0.5) is 0 Å². The van der Waals surface area contributed by atoms with Crippen molar-refractivity contribution in [3.05, 3.63) is 23.8 Å². The van der Waals surface area contributed by atoms with E-state index in [1.807, 2.05) is 6.07 Å². The zero-order valence-electron chi connectivity index (χ0n) is 13.0. The Morgan fingerprint density at radius 1 is 1.14 bits per heavy atom. The van der Waals surface area contributed by atoms with Crippen LogP contribution in [0.3, 0.4) is 0 Å². The van der Waals surface area contributed by atoms with Crippen molar-refractivity contribution in [1.29, 1.82) is 0 Å². The third-order valence-electron chi connectivity index (χ3n) is 4.37. The van der Waals surface area contributed by atoms with Crippen molar-refractivity contribution in [2.45, 2.75) is 13.0 Å². The molecular weight excluding hydrogens is 266 g/mol. The summed E-state index contributed by atoms with van der Waals surface area (Å²) in [7, 11) is 2.19. The Morgan fingerprint density at radius 2 is 1.90 bits per heavy atom. The maximum Gasteiger partial charge on any atom is 0.231 e. The first-order valence-electron chi connectivity index (χ1n) is 7.76. The number of nitrogens with zero attached hydrogens (tertiary/aromatic N) is 2. The summed E-state index contributed by atoms with van der Waals surface area (Å²) in [5, 5.41) is 3.60. The van der Waals surface area contributed by atoms with Crippen LogP contribution >= 0.6 is 0 Å². The lowest BCUT2D eigenvalue weighted by molar-refractivity contribution is 0.154. The van der Waals surface area contributed by atoms with Gasteiger partial charge in [0.1, 0.15) is 0 Å². The van der Waals surface area contributed by atoms with Crippen LogP contribution in [0.15, 0.2) is 18.2 Å². The molecule has 0 aromatic heterocycles. The number of hydrogen-bond donors (Lipinski definition) is 1. The van der Waals surface area contributed by atoms with Gasteiger partial charge in [-0.15, -0.1) is 0 Å².